The molecule has 2 atom stereocenters. The second-order valence-corrected chi connectivity index (χ2v) is 5.76. The van der Waals surface area contributed by atoms with E-state index in [0.29, 0.717) is 23.7 Å². The van der Waals surface area contributed by atoms with Crippen molar-refractivity contribution in [2.24, 2.45) is 0 Å². The highest BCUT2D eigenvalue weighted by molar-refractivity contribution is 7.99. The second-order valence-electron chi connectivity index (χ2n) is 4.54. The molecule has 0 saturated carbocycles. The van der Waals surface area contributed by atoms with Gasteiger partial charge in [0.15, 0.2) is 0 Å². The number of thioether (sulfide) groups is 1. The molecule has 6 nitrogen and oxygen atoms in total. The van der Waals surface area contributed by atoms with E-state index in [4.69, 9.17) is 14.2 Å². The van der Waals surface area contributed by atoms with Crippen LogP contribution in [0.3, 0.4) is 0 Å². The number of aliphatic carboxylic acids is 1. The van der Waals surface area contributed by atoms with Crippen LogP contribution in [0.1, 0.15) is 17.4 Å². The molecular weight excluding hydrogens is 294 g/mol. The van der Waals surface area contributed by atoms with Crippen LogP contribution in [0.15, 0.2) is 12.1 Å². The fourth-order valence-corrected chi connectivity index (χ4v) is 3.54. The van der Waals surface area contributed by atoms with Crippen molar-refractivity contribution < 1.29 is 24.1 Å². The number of carbonyl (C=O) groups is 1. The Morgan fingerprint density at radius 2 is 1.86 bits per heavy atom. The van der Waals surface area contributed by atoms with Crippen LogP contribution in [-0.4, -0.2) is 44.2 Å². The molecule has 1 fully saturated rings. The summed E-state index contributed by atoms with van der Waals surface area (Å²) >= 11 is 1.63. The van der Waals surface area contributed by atoms with E-state index in [-0.39, 0.29) is 5.37 Å². The maximum absolute atomic E-state index is 11.2. The van der Waals surface area contributed by atoms with Crippen LogP contribution in [-0.2, 0) is 4.79 Å². The van der Waals surface area contributed by atoms with Crippen molar-refractivity contribution >= 4 is 17.7 Å². The quantitative estimate of drug-likeness (QED) is 0.859. The zero-order valence-corrected chi connectivity index (χ0v) is 13.0. The Hall–Kier alpha value is -1.60. The molecule has 2 unspecified atom stereocenters. The zero-order chi connectivity index (χ0) is 15.4. The highest BCUT2D eigenvalue weighted by Crippen LogP contribution is 2.44. The Morgan fingerprint density at radius 3 is 2.33 bits per heavy atom. The molecule has 1 aromatic rings. The number of carboxylic acids is 1. The molecule has 7 heteroatoms. The summed E-state index contributed by atoms with van der Waals surface area (Å²) in [5.74, 6) is 1.77. The summed E-state index contributed by atoms with van der Waals surface area (Å²) < 4.78 is 16.1. The van der Waals surface area contributed by atoms with E-state index in [1.54, 1.807) is 45.2 Å². The molecule has 1 heterocycles. The molecule has 0 aliphatic carbocycles. The van der Waals surface area contributed by atoms with Gasteiger partial charge in [-0.05, 0) is 12.2 Å². The first kappa shape index (κ1) is 15.8. The maximum atomic E-state index is 11.2. The molecule has 1 aromatic carbocycles. The van der Waals surface area contributed by atoms with Gasteiger partial charge in [-0.25, -0.2) is 0 Å². The summed E-state index contributed by atoms with van der Waals surface area (Å²) in [6, 6.07) is 2.97. The van der Waals surface area contributed by atoms with Crippen LogP contribution in [0.25, 0.3) is 0 Å². The van der Waals surface area contributed by atoms with Crippen molar-refractivity contribution in [1.82, 2.24) is 5.32 Å². The Bertz CT molecular complexity index is 497. The van der Waals surface area contributed by atoms with Crippen molar-refractivity contribution in [2.45, 2.75) is 17.8 Å². The molecule has 21 heavy (non-hydrogen) atoms. The molecule has 1 saturated heterocycles. The number of methoxy groups -OCH3 is 3. The van der Waals surface area contributed by atoms with Crippen LogP contribution in [0.2, 0.25) is 0 Å². The molecule has 2 rings (SSSR count). The molecular formula is C14H19NO5S. The monoisotopic (exact) mass is 313 g/mol. The lowest BCUT2D eigenvalue weighted by atomic mass is 10.1. The first-order valence-corrected chi connectivity index (χ1v) is 7.56. The molecule has 0 radical (unpaired) electrons. The topological polar surface area (TPSA) is 77.0 Å². The second kappa shape index (κ2) is 6.91. The van der Waals surface area contributed by atoms with E-state index in [2.05, 4.69) is 5.32 Å². The molecule has 0 spiro atoms. The molecule has 0 amide bonds. The van der Waals surface area contributed by atoms with Crippen LogP contribution in [0, 0.1) is 0 Å². The number of carboxylic acid groups (broad SMARTS) is 1. The minimum atomic E-state index is -0.841. The summed E-state index contributed by atoms with van der Waals surface area (Å²) in [5, 5.41) is 12.1. The minimum Gasteiger partial charge on any atom is -0.496 e. The Kier molecular flexibility index (Phi) is 5.19. The van der Waals surface area contributed by atoms with Crippen LogP contribution in [0.4, 0.5) is 0 Å². The number of hydrogen-bond donors (Lipinski definition) is 2. The highest BCUT2D eigenvalue weighted by Gasteiger charge is 2.31. The van der Waals surface area contributed by atoms with Gasteiger partial charge in [0.05, 0.1) is 32.3 Å². The number of ether oxygens (including phenoxy) is 3. The van der Waals surface area contributed by atoms with Gasteiger partial charge in [-0.3, -0.25) is 10.1 Å². The van der Waals surface area contributed by atoms with Crippen LogP contribution < -0.4 is 19.5 Å². The van der Waals surface area contributed by atoms with Gasteiger partial charge in [0.1, 0.15) is 23.3 Å². The maximum Gasteiger partial charge on any atom is 0.320 e. The first-order chi connectivity index (χ1) is 10.1. The Balaban J connectivity index is 2.39. The number of nitrogens with one attached hydrogen (secondary N) is 1. The molecule has 1 aliphatic rings. The van der Waals surface area contributed by atoms with Gasteiger partial charge < -0.3 is 19.3 Å². The van der Waals surface area contributed by atoms with Crippen molar-refractivity contribution in [3.05, 3.63) is 17.7 Å². The minimum absolute atomic E-state index is 0.198. The van der Waals surface area contributed by atoms with E-state index in [9.17, 15) is 9.90 Å². The van der Waals surface area contributed by atoms with E-state index in [0.717, 1.165) is 11.3 Å². The zero-order valence-electron chi connectivity index (χ0n) is 12.2. The summed E-state index contributed by atoms with van der Waals surface area (Å²) in [6.07, 6.45) is 0.595. The van der Waals surface area contributed by atoms with E-state index < -0.39 is 12.0 Å². The van der Waals surface area contributed by atoms with Crippen molar-refractivity contribution in [1.29, 1.82) is 0 Å². The number of hydrogen-bond acceptors (Lipinski definition) is 6. The predicted octanol–water partition coefficient (Wildman–Crippen LogP) is 1.89. The number of rotatable bonds is 5. The normalized spacial score (nSPS) is 21.7. The van der Waals surface area contributed by atoms with Crippen molar-refractivity contribution in [2.75, 3.05) is 27.1 Å². The van der Waals surface area contributed by atoms with Crippen LogP contribution >= 0.6 is 11.8 Å². The molecule has 0 aromatic heterocycles. The van der Waals surface area contributed by atoms with Gasteiger partial charge in [-0.1, -0.05) is 0 Å². The predicted molar refractivity (Wildman–Crippen MR) is 80.5 cm³/mol. The van der Waals surface area contributed by atoms with E-state index in [1.165, 1.54) is 0 Å². The molecule has 2 N–H and O–H groups in total. The van der Waals surface area contributed by atoms with Gasteiger partial charge in [-0.15, -0.1) is 11.8 Å². The SMILES string of the molecule is COc1cc(OC)c(C2NC(C(=O)O)CCS2)c(OC)c1. The van der Waals surface area contributed by atoms with Gasteiger partial charge in [0, 0.05) is 12.1 Å². The highest BCUT2D eigenvalue weighted by atomic mass is 32.2. The molecule has 116 valence electrons. The van der Waals surface area contributed by atoms with E-state index in [1.807, 2.05) is 0 Å². The first-order valence-electron chi connectivity index (χ1n) is 6.51. The fraction of sp³-hybridized carbons (Fsp3) is 0.500. The summed E-state index contributed by atoms with van der Waals surface area (Å²) in [7, 11) is 4.71. The summed E-state index contributed by atoms with van der Waals surface area (Å²) in [4.78, 5) is 11.2. The smallest absolute Gasteiger partial charge is 0.320 e. The molecule has 0 bridgehead atoms. The van der Waals surface area contributed by atoms with Gasteiger partial charge in [0.2, 0.25) is 0 Å². The Labute approximate surface area is 127 Å². The lowest BCUT2D eigenvalue weighted by Gasteiger charge is -2.30. The average Bonchev–Trinajstić information content (AvgIpc) is 2.53. The van der Waals surface area contributed by atoms with Gasteiger partial charge in [-0.2, -0.15) is 0 Å². The van der Waals surface area contributed by atoms with Crippen molar-refractivity contribution in [3.8, 4) is 17.2 Å². The number of benzene rings is 1. The lowest BCUT2D eigenvalue weighted by Crippen LogP contribution is -2.42. The van der Waals surface area contributed by atoms with Gasteiger partial charge >= 0.3 is 5.97 Å². The summed E-state index contributed by atoms with van der Waals surface area (Å²) in [6.45, 7) is 0. The third-order valence-corrected chi connectivity index (χ3v) is 4.53. The summed E-state index contributed by atoms with van der Waals surface area (Å²) in [5.41, 5.74) is 0.803. The van der Waals surface area contributed by atoms with Crippen molar-refractivity contribution in [3.63, 3.8) is 0 Å². The average molecular weight is 313 g/mol. The third-order valence-electron chi connectivity index (χ3n) is 3.36. The molecule has 1 aliphatic heterocycles. The van der Waals surface area contributed by atoms with Gasteiger partial charge in [0.25, 0.3) is 0 Å². The lowest BCUT2D eigenvalue weighted by molar-refractivity contribution is -0.139. The largest absolute Gasteiger partial charge is 0.496 e. The standard InChI is InChI=1S/C14H19NO5S/c1-18-8-6-10(19-2)12(11(7-8)20-3)13-15-9(14(16)17)4-5-21-13/h6-7,9,13,15H,4-5H2,1-3H3,(H,16,17). The fourth-order valence-electron chi connectivity index (χ4n) is 2.27. The van der Waals surface area contributed by atoms with E-state index >= 15 is 0 Å². The van der Waals surface area contributed by atoms with Crippen LogP contribution in [0.5, 0.6) is 17.2 Å². The third kappa shape index (κ3) is 3.36. The Morgan fingerprint density at radius 1 is 1.24 bits per heavy atom.